The summed E-state index contributed by atoms with van der Waals surface area (Å²) in [5.41, 5.74) is 1.06. The van der Waals surface area contributed by atoms with E-state index in [9.17, 15) is 9.59 Å². The minimum Gasteiger partial charge on any atom is -0.355 e. The van der Waals surface area contributed by atoms with Crippen LogP contribution in [0.15, 0.2) is 24.3 Å². The quantitative estimate of drug-likeness (QED) is 0.740. The van der Waals surface area contributed by atoms with E-state index in [-0.39, 0.29) is 11.8 Å². The van der Waals surface area contributed by atoms with Crippen LogP contribution < -0.4 is 10.6 Å². The van der Waals surface area contributed by atoms with Crippen molar-refractivity contribution in [2.24, 2.45) is 0 Å². The number of fused-ring (bicyclic) bond motifs is 1. The first kappa shape index (κ1) is 19.7. The Morgan fingerprint density at radius 3 is 2.59 bits per heavy atom. The molecule has 1 aliphatic rings. The second-order valence-corrected chi connectivity index (χ2v) is 7.93. The Kier molecular flexibility index (Phi) is 6.76. The van der Waals surface area contributed by atoms with Crippen LogP contribution in [0.25, 0.3) is 10.2 Å². The third-order valence-corrected chi connectivity index (χ3v) is 5.67. The summed E-state index contributed by atoms with van der Waals surface area (Å²) in [7, 11) is 0. The van der Waals surface area contributed by atoms with Gasteiger partial charge in [-0.3, -0.25) is 19.4 Å². The number of hydrogen-bond acceptors (Lipinski definition) is 6. The van der Waals surface area contributed by atoms with E-state index < -0.39 is 6.04 Å². The molecule has 0 radical (unpaired) electrons. The lowest BCUT2D eigenvalue weighted by Gasteiger charge is -2.33. The number of amides is 2. The smallest absolute Gasteiger partial charge is 0.242 e. The van der Waals surface area contributed by atoms with Crippen molar-refractivity contribution in [3.05, 3.63) is 29.3 Å². The molecule has 1 saturated heterocycles. The molecule has 1 aromatic carbocycles. The highest BCUT2D eigenvalue weighted by Gasteiger charge is 2.21. The van der Waals surface area contributed by atoms with Gasteiger partial charge in [-0.15, -0.1) is 11.3 Å². The maximum atomic E-state index is 12.1. The lowest BCUT2D eigenvalue weighted by molar-refractivity contribution is -0.129. The molecule has 2 amide bonds. The number of hydrogen-bond donors (Lipinski definition) is 2. The highest BCUT2D eigenvalue weighted by molar-refractivity contribution is 7.18. The van der Waals surface area contributed by atoms with E-state index in [1.165, 1.54) is 4.70 Å². The van der Waals surface area contributed by atoms with Crippen molar-refractivity contribution in [3.63, 3.8) is 0 Å². The third-order valence-electron chi connectivity index (χ3n) is 4.65. The number of carbonyl (C=O) groups is 2. The largest absolute Gasteiger partial charge is 0.355 e. The number of aromatic nitrogens is 1. The van der Waals surface area contributed by atoms with E-state index in [4.69, 9.17) is 4.98 Å². The number of para-hydroxylation sites is 1. The van der Waals surface area contributed by atoms with E-state index in [1.54, 1.807) is 18.3 Å². The SMILES string of the molecule is CCNC(=O)[C@@H](C)NC(=O)CN1CCN(Cc2nc3ccccc3s2)CC1. The van der Waals surface area contributed by atoms with Crippen LogP contribution in [0.5, 0.6) is 0 Å². The van der Waals surface area contributed by atoms with Gasteiger partial charge in [0.05, 0.1) is 23.3 Å². The fraction of sp³-hybridized carbons (Fsp3) is 0.526. The van der Waals surface area contributed by atoms with E-state index in [2.05, 4.69) is 26.5 Å². The Morgan fingerprint density at radius 1 is 1.19 bits per heavy atom. The molecule has 0 aliphatic carbocycles. The maximum absolute atomic E-state index is 12.1. The summed E-state index contributed by atoms with van der Waals surface area (Å²) in [6.45, 7) is 8.83. The molecule has 1 aromatic heterocycles. The molecule has 1 aliphatic heterocycles. The molecule has 2 heterocycles. The number of likely N-dealkylation sites (N-methyl/N-ethyl adjacent to an activating group) is 1. The third kappa shape index (κ3) is 5.47. The van der Waals surface area contributed by atoms with Crippen molar-refractivity contribution < 1.29 is 9.59 Å². The zero-order valence-corrected chi connectivity index (χ0v) is 16.7. The van der Waals surface area contributed by atoms with E-state index in [1.807, 2.05) is 25.1 Å². The van der Waals surface area contributed by atoms with Crippen molar-refractivity contribution in [3.8, 4) is 0 Å². The number of benzene rings is 1. The predicted molar refractivity (Wildman–Crippen MR) is 108 cm³/mol. The average Bonchev–Trinajstić information content (AvgIpc) is 3.05. The monoisotopic (exact) mass is 389 g/mol. The Morgan fingerprint density at radius 2 is 1.89 bits per heavy atom. The Balaban J connectivity index is 1.42. The van der Waals surface area contributed by atoms with Gasteiger partial charge < -0.3 is 10.6 Å². The number of thiazole rings is 1. The first-order valence-electron chi connectivity index (χ1n) is 9.41. The van der Waals surface area contributed by atoms with Crippen molar-refractivity contribution in [1.29, 1.82) is 0 Å². The predicted octanol–water partition coefficient (Wildman–Crippen LogP) is 1.05. The number of piperazine rings is 1. The van der Waals surface area contributed by atoms with E-state index in [0.29, 0.717) is 13.1 Å². The molecule has 7 nitrogen and oxygen atoms in total. The van der Waals surface area contributed by atoms with Crippen LogP contribution in [-0.4, -0.2) is 71.9 Å². The summed E-state index contributed by atoms with van der Waals surface area (Å²) in [5, 5.41) is 6.61. The van der Waals surface area contributed by atoms with Gasteiger partial charge in [0.15, 0.2) is 0 Å². The molecule has 146 valence electrons. The normalized spacial score (nSPS) is 17.0. The molecule has 3 rings (SSSR count). The van der Waals surface area contributed by atoms with Crippen LogP contribution in [0.1, 0.15) is 18.9 Å². The van der Waals surface area contributed by atoms with Crippen LogP contribution >= 0.6 is 11.3 Å². The van der Waals surface area contributed by atoms with Crippen molar-refractivity contribution in [2.45, 2.75) is 26.4 Å². The molecule has 0 unspecified atom stereocenters. The molecule has 0 bridgehead atoms. The molecule has 1 atom stereocenters. The maximum Gasteiger partial charge on any atom is 0.242 e. The fourth-order valence-corrected chi connectivity index (χ4v) is 4.18. The van der Waals surface area contributed by atoms with Crippen molar-refractivity contribution in [1.82, 2.24) is 25.4 Å². The van der Waals surface area contributed by atoms with Gasteiger partial charge in [-0.2, -0.15) is 0 Å². The molecule has 8 heteroatoms. The van der Waals surface area contributed by atoms with Gasteiger partial charge in [0.25, 0.3) is 0 Å². The molecule has 2 aromatic rings. The van der Waals surface area contributed by atoms with Crippen LogP contribution in [-0.2, 0) is 16.1 Å². The molecular weight excluding hydrogens is 362 g/mol. The summed E-state index contributed by atoms with van der Waals surface area (Å²) in [5.74, 6) is -0.250. The number of rotatable bonds is 7. The zero-order chi connectivity index (χ0) is 19.2. The van der Waals surface area contributed by atoms with Crippen molar-refractivity contribution >= 4 is 33.4 Å². The van der Waals surface area contributed by atoms with Gasteiger partial charge in [-0.1, -0.05) is 12.1 Å². The Bertz CT molecular complexity index is 752. The van der Waals surface area contributed by atoms with Crippen LogP contribution in [0.3, 0.4) is 0 Å². The van der Waals surface area contributed by atoms with Crippen LogP contribution in [0, 0.1) is 0 Å². The molecular formula is C19H27N5O2S. The molecule has 1 fully saturated rings. The van der Waals surface area contributed by atoms with Crippen LogP contribution in [0.4, 0.5) is 0 Å². The molecule has 0 saturated carbocycles. The minimum atomic E-state index is -0.502. The topological polar surface area (TPSA) is 77.6 Å². The first-order valence-corrected chi connectivity index (χ1v) is 10.2. The lowest BCUT2D eigenvalue weighted by atomic mass is 10.3. The summed E-state index contributed by atoms with van der Waals surface area (Å²) < 4.78 is 1.23. The lowest BCUT2D eigenvalue weighted by Crippen LogP contribution is -2.51. The standard InChI is InChI=1S/C19H27N5O2S/c1-3-20-19(26)14(2)21-17(25)12-23-8-10-24(11-9-23)13-18-22-15-6-4-5-7-16(15)27-18/h4-7,14H,3,8-13H2,1-2H3,(H,20,26)(H,21,25)/t14-/m1/s1. The van der Waals surface area contributed by atoms with E-state index >= 15 is 0 Å². The average molecular weight is 390 g/mol. The zero-order valence-electron chi connectivity index (χ0n) is 15.9. The highest BCUT2D eigenvalue weighted by Crippen LogP contribution is 2.22. The Hall–Kier alpha value is -2.03. The first-order chi connectivity index (χ1) is 13.0. The molecule has 2 N–H and O–H groups in total. The number of nitrogens with one attached hydrogen (secondary N) is 2. The number of nitrogens with zero attached hydrogens (tertiary/aromatic N) is 3. The molecule has 0 spiro atoms. The highest BCUT2D eigenvalue weighted by atomic mass is 32.1. The van der Waals surface area contributed by atoms with Gasteiger partial charge in [0.2, 0.25) is 11.8 Å². The second kappa shape index (κ2) is 9.25. The van der Waals surface area contributed by atoms with Gasteiger partial charge in [0, 0.05) is 32.7 Å². The minimum absolute atomic E-state index is 0.103. The van der Waals surface area contributed by atoms with E-state index in [0.717, 1.165) is 43.2 Å². The van der Waals surface area contributed by atoms with Gasteiger partial charge in [0.1, 0.15) is 11.0 Å². The van der Waals surface area contributed by atoms with Crippen LogP contribution in [0.2, 0.25) is 0 Å². The van der Waals surface area contributed by atoms with Gasteiger partial charge in [-0.25, -0.2) is 4.98 Å². The molecule has 27 heavy (non-hydrogen) atoms. The number of carbonyl (C=O) groups excluding carboxylic acids is 2. The second-order valence-electron chi connectivity index (χ2n) is 6.81. The fourth-order valence-electron chi connectivity index (χ4n) is 3.17. The van der Waals surface area contributed by atoms with Crippen molar-refractivity contribution in [2.75, 3.05) is 39.3 Å². The Labute approximate surface area is 163 Å². The summed E-state index contributed by atoms with van der Waals surface area (Å²) >= 11 is 1.75. The summed E-state index contributed by atoms with van der Waals surface area (Å²) in [6, 6.07) is 7.71. The summed E-state index contributed by atoms with van der Waals surface area (Å²) in [4.78, 5) is 33.1. The van der Waals surface area contributed by atoms with Gasteiger partial charge in [-0.05, 0) is 26.0 Å². The van der Waals surface area contributed by atoms with Gasteiger partial charge >= 0.3 is 0 Å². The summed E-state index contributed by atoms with van der Waals surface area (Å²) in [6.07, 6.45) is 0.